The van der Waals surface area contributed by atoms with Crippen LogP contribution in [0.1, 0.15) is 38.9 Å². The van der Waals surface area contributed by atoms with Crippen molar-refractivity contribution in [3.05, 3.63) is 12.2 Å². The SMILES string of the molecule is CCNC(=NCCn1cnnc1CC)N1CCN(CC(=O)N2CCCCC2)CC1. The zero-order valence-corrected chi connectivity index (χ0v) is 18.0. The molecule has 2 saturated heterocycles. The second-order valence-corrected chi connectivity index (χ2v) is 7.73. The molecule has 1 N–H and O–H groups in total. The predicted octanol–water partition coefficient (Wildman–Crippen LogP) is 0.436. The molecule has 9 nitrogen and oxygen atoms in total. The molecule has 0 atom stereocenters. The van der Waals surface area contributed by atoms with Crippen LogP contribution in [-0.2, 0) is 17.8 Å². The molecule has 0 unspecified atom stereocenters. The van der Waals surface area contributed by atoms with Crippen molar-refractivity contribution < 1.29 is 4.79 Å². The lowest BCUT2D eigenvalue weighted by atomic mass is 10.1. The number of amides is 1. The van der Waals surface area contributed by atoms with E-state index < -0.39 is 0 Å². The van der Waals surface area contributed by atoms with Gasteiger partial charge in [0.25, 0.3) is 0 Å². The van der Waals surface area contributed by atoms with Gasteiger partial charge in [0.15, 0.2) is 5.96 Å². The summed E-state index contributed by atoms with van der Waals surface area (Å²) in [7, 11) is 0. The van der Waals surface area contributed by atoms with Crippen molar-refractivity contribution in [3.63, 3.8) is 0 Å². The van der Waals surface area contributed by atoms with E-state index in [4.69, 9.17) is 4.99 Å². The summed E-state index contributed by atoms with van der Waals surface area (Å²) in [5.74, 6) is 2.25. The van der Waals surface area contributed by atoms with Gasteiger partial charge in [-0.2, -0.15) is 0 Å². The van der Waals surface area contributed by atoms with Gasteiger partial charge in [0.1, 0.15) is 12.2 Å². The van der Waals surface area contributed by atoms with Crippen LogP contribution in [-0.4, -0.2) is 100 Å². The fraction of sp³-hybridized carbons (Fsp3) is 0.800. The number of nitrogens with zero attached hydrogens (tertiary/aromatic N) is 7. The van der Waals surface area contributed by atoms with Crippen LogP contribution >= 0.6 is 0 Å². The van der Waals surface area contributed by atoms with E-state index >= 15 is 0 Å². The van der Waals surface area contributed by atoms with Crippen molar-refractivity contribution >= 4 is 11.9 Å². The molecular weight excluding hydrogens is 368 g/mol. The number of piperazine rings is 1. The maximum atomic E-state index is 12.5. The van der Waals surface area contributed by atoms with E-state index in [2.05, 4.69) is 43.7 Å². The van der Waals surface area contributed by atoms with Gasteiger partial charge in [-0.25, -0.2) is 0 Å². The molecule has 29 heavy (non-hydrogen) atoms. The second-order valence-electron chi connectivity index (χ2n) is 7.73. The summed E-state index contributed by atoms with van der Waals surface area (Å²) < 4.78 is 2.07. The topological polar surface area (TPSA) is 81.9 Å². The molecular formula is C20H36N8O. The van der Waals surface area contributed by atoms with Crippen molar-refractivity contribution in [3.8, 4) is 0 Å². The number of likely N-dealkylation sites (tertiary alicyclic amines) is 1. The van der Waals surface area contributed by atoms with Crippen LogP contribution < -0.4 is 5.32 Å². The number of aromatic nitrogens is 3. The van der Waals surface area contributed by atoms with Gasteiger partial charge in [0, 0.05) is 58.8 Å². The average Bonchev–Trinajstić information content (AvgIpc) is 3.22. The van der Waals surface area contributed by atoms with Gasteiger partial charge >= 0.3 is 0 Å². The number of aliphatic imine (C=N–C) groups is 1. The van der Waals surface area contributed by atoms with Gasteiger partial charge in [-0.3, -0.25) is 14.7 Å². The van der Waals surface area contributed by atoms with E-state index in [1.807, 2.05) is 4.90 Å². The normalized spacial score (nSPS) is 18.9. The molecule has 2 aliphatic rings. The number of rotatable bonds is 7. The van der Waals surface area contributed by atoms with E-state index in [-0.39, 0.29) is 0 Å². The molecule has 162 valence electrons. The molecule has 2 aliphatic heterocycles. The Bertz CT molecular complexity index is 659. The van der Waals surface area contributed by atoms with E-state index in [0.29, 0.717) is 19.0 Å². The summed E-state index contributed by atoms with van der Waals surface area (Å²) in [6, 6.07) is 0. The van der Waals surface area contributed by atoms with Crippen molar-refractivity contribution in [1.29, 1.82) is 0 Å². The maximum absolute atomic E-state index is 12.5. The zero-order valence-electron chi connectivity index (χ0n) is 18.0. The van der Waals surface area contributed by atoms with E-state index in [9.17, 15) is 4.79 Å². The quantitative estimate of drug-likeness (QED) is 0.525. The van der Waals surface area contributed by atoms with Crippen molar-refractivity contribution in [2.24, 2.45) is 4.99 Å². The Morgan fingerprint density at radius 2 is 1.83 bits per heavy atom. The standard InChI is InChI=1S/C20H36N8O/c1-3-18-24-23-17-28(18)11-8-22-20(21-4-2)27-14-12-25(13-15-27)16-19(29)26-9-6-5-7-10-26/h17H,3-16H2,1-2H3,(H,21,22). The number of hydrogen-bond donors (Lipinski definition) is 1. The van der Waals surface area contributed by atoms with Crippen LogP contribution in [0.2, 0.25) is 0 Å². The van der Waals surface area contributed by atoms with Gasteiger partial charge in [0.2, 0.25) is 5.91 Å². The summed E-state index contributed by atoms with van der Waals surface area (Å²) in [5.41, 5.74) is 0. The highest BCUT2D eigenvalue weighted by molar-refractivity contribution is 5.80. The van der Waals surface area contributed by atoms with Gasteiger partial charge < -0.3 is 19.7 Å². The molecule has 1 aromatic heterocycles. The lowest BCUT2D eigenvalue weighted by Gasteiger charge is -2.37. The molecule has 2 fully saturated rings. The predicted molar refractivity (Wildman–Crippen MR) is 114 cm³/mol. The van der Waals surface area contributed by atoms with Crippen LogP contribution in [0, 0.1) is 0 Å². The number of carbonyl (C=O) groups is 1. The Morgan fingerprint density at radius 1 is 1.07 bits per heavy atom. The van der Waals surface area contributed by atoms with Crippen molar-refractivity contribution in [2.45, 2.75) is 46.1 Å². The minimum Gasteiger partial charge on any atom is -0.357 e. The van der Waals surface area contributed by atoms with E-state index in [1.54, 1.807) is 6.33 Å². The van der Waals surface area contributed by atoms with Crippen LogP contribution in [0.4, 0.5) is 0 Å². The fourth-order valence-electron chi connectivity index (χ4n) is 3.98. The third-order valence-corrected chi connectivity index (χ3v) is 5.69. The van der Waals surface area contributed by atoms with Crippen molar-refractivity contribution in [1.82, 2.24) is 34.8 Å². The summed E-state index contributed by atoms with van der Waals surface area (Å²) in [4.78, 5) is 23.9. The minimum absolute atomic E-state index is 0.291. The van der Waals surface area contributed by atoms with Crippen LogP contribution in [0.15, 0.2) is 11.3 Å². The molecule has 1 amide bonds. The summed E-state index contributed by atoms with van der Waals surface area (Å²) in [5, 5.41) is 11.5. The molecule has 0 saturated carbocycles. The molecule has 0 aliphatic carbocycles. The first kappa shape index (κ1) is 21.5. The van der Waals surface area contributed by atoms with Gasteiger partial charge in [-0.1, -0.05) is 6.92 Å². The Balaban J connectivity index is 1.46. The molecule has 0 aromatic carbocycles. The monoisotopic (exact) mass is 404 g/mol. The first-order chi connectivity index (χ1) is 14.2. The smallest absolute Gasteiger partial charge is 0.236 e. The van der Waals surface area contributed by atoms with Gasteiger partial charge in [-0.05, 0) is 26.2 Å². The fourth-order valence-corrected chi connectivity index (χ4v) is 3.98. The van der Waals surface area contributed by atoms with Crippen LogP contribution in [0.3, 0.4) is 0 Å². The Hall–Kier alpha value is -2.16. The Labute approximate surface area is 174 Å². The number of aryl methyl sites for hydroxylation is 1. The lowest BCUT2D eigenvalue weighted by molar-refractivity contribution is -0.133. The highest BCUT2D eigenvalue weighted by Gasteiger charge is 2.24. The van der Waals surface area contributed by atoms with Gasteiger partial charge in [0.05, 0.1) is 13.1 Å². The van der Waals surface area contributed by atoms with Crippen LogP contribution in [0.25, 0.3) is 0 Å². The number of hydrogen-bond acceptors (Lipinski definition) is 5. The first-order valence-electron chi connectivity index (χ1n) is 11.1. The average molecular weight is 405 g/mol. The summed E-state index contributed by atoms with van der Waals surface area (Å²) in [6.07, 6.45) is 6.21. The molecule has 0 bridgehead atoms. The highest BCUT2D eigenvalue weighted by Crippen LogP contribution is 2.10. The highest BCUT2D eigenvalue weighted by atomic mass is 16.2. The Kier molecular flexibility index (Phi) is 8.27. The zero-order chi connectivity index (χ0) is 20.5. The molecule has 1 aromatic rings. The molecule has 9 heteroatoms. The maximum Gasteiger partial charge on any atom is 0.236 e. The van der Waals surface area contributed by atoms with Crippen LogP contribution in [0.5, 0.6) is 0 Å². The van der Waals surface area contributed by atoms with Crippen molar-refractivity contribution in [2.75, 3.05) is 58.9 Å². The minimum atomic E-state index is 0.291. The third-order valence-electron chi connectivity index (χ3n) is 5.69. The molecule has 0 radical (unpaired) electrons. The lowest BCUT2D eigenvalue weighted by Crippen LogP contribution is -2.54. The largest absolute Gasteiger partial charge is 0.357 e. The number of carbonyl (C=O) groups excluding carboxylic acids is 1. The number of nitrogens with one attached hydrogen (secondary N) is 1. The van der Waals surface area contributed by atoms with Gasteiger partial charge in [-0.15, -0.1) is 10.2 Å². The number of piperidine rings is 1. The second kappa shape index (κ2) is 11.1. The Morgan fingerprint density at radius 3 is 2.52 bits per heavy atom. The first-order valence-corrected chi connectivity index (χ1v) is 11.1. The number of guanidine groups is 1. The van der Waals surface area contributed by atoms with E-state index in [0.717, 1.165) is 83.4 Å². The molecule has 0 spiro atoms. The van der Waals surface area contributed by atoms with E-state index in [1.165, 1.54) is 6.42 Å². The summed E-state index contributed by atoms with van der Waals surface area (Å²) >= 11 is 0. The molecule has 3 heterocycles. The molecule has 3 rings (SSSR count). The third kappa shape index (κ3) is 6.16. The summed E-state index contributed by atoms with van der Waals surface area (Å²) in [6.45, 7) is 12.5.